The Labute approximate surface area is 155 Å². The van der Waals surface area contributed by atoms with E-state index in [9.17, 15) is 18.0 Å². The van der Waals surface area contributed by atoms with Crippen molar-refractivity contribution in [3.05, 3.63) is 77.9 Å². The van der Waals surface area contributed by atoms with Crippen molar-refractivity contribution >= 4 is 12.0 Å². The summed E-state index contributed by atoms with van der Waals surface area (Å²) >= 11 is 0. The highest BCUT2D eigenvalue weighted by atomic mass is 19.4. The van der Waals surface area contributed by atoms with Crippen LogP contribution < -0.4 is 0 Å². The molecule has 1 aliphatic heterocycles. The zero-order valence-electron chi connectivity index (χ0n) is 14.4. The van der Waals surface area contributed by atoms with Gasteiger partial charge in [-0.3, -0.25) is 0 Å². The van der Waals surface area contributed by atoms with Gasteiger partial charge in [0.25, 0.3) is 0 Å². The van der Waals surface area contributed by atoms with Crippen LogP contribution in [-0.2, 0) is 14.3 Å². The van der Waals surface area contributed by atoms with Gasteiger partial charge in [0.2, 0.25) is 0 Å². The van der Waals surface area contributed by atoms with Crippen LogP contribution in [0.25, 0.3) is 6.08 Å². The van der Waals surface area contributed by atoms with Gasteiger partial charge < -0.3 is 9.47 Å². The maximum Gasteiger partial charge on any atom is 0.490 e. The van der Waals surface area contributed by atoms with E-state index in [2.05, 4.69) is 0 Å². The molecule has 6 heteroatoms. The van der Waals surface area contributed by atoms with Crippen molar-refractivity contribution in [3.63, 3.8) is 0 Å². The SMILES string of the molecule is O=C(OC1CC(/C=C/c2ccccc2)OC(c2ccccc2)C1)C(F)(F)F. The van der Waals surface area contributed by atoms with Gasteiger partial charge in [0.15, 0.2) is 0 Å². The van der Waals surface area contributed by atoms with E-state index in [-0.39, 0.29) is 12.8 Å². The topological polar surface area (TPSA) is 35.5 Å². The minimum atomic E-state index is -5.00. The van der Waals surface area contributed by atoms with E-state index in [1.807, 2.05) is 66.7 Å². The Kier molecular flexibility index (Phi) is 5.96. The van der Waals surface area contributed by atoms with Crippen molar-refractivity contribution in [2.24, 2.45) is 0 Å². The number of carbonyl (C=O) groups is 1. The molecular formula is C21H19F3O3. The Bertz CT molecular complexity index is 772. The molecule has 0 saturated carbocycles. The van der Waals surface area contributed by atoms with Gasteiger partial charge in [0.1, 0.15) is 6.10 Å². The number of halogens is 3. The van der Waals surface area contributed by atoms with Gasteiger partial charge in [-0.25, -0.2) is 4.79 Å². The molecular weight excluding hydrogens is 357 g/mol. The van der Waals surface area contributed by atoms with E-state index in [1.54, 1.807) is 6.08 Å². The summed E-state index contributed by atoms with van der Waals surface area (Å²) in [5, 5.41) is 0. The second-order valence-corrected chi connectivity index (χ2v) is 6.34. The lowest BCUT2D eigenvalue weighted by molar-refractivity contribution is -0.211. The molecule has 1 saturated heterocycles. The average molecular weight is 376 g/mol. The van der Waals surface area contributed by atoms with E-state index in [1.165, 1.54) is 0 Å². The molecule has 0 aromatic heterocycles. The summed E-state index contributed by atoms with van der Waals surface area (Å²) in [7, 11) is 0. The smallest absolute Gasteiger partial charge is 0.455 e. The fourth-order valence-corrected chi connectivity index (χ4v) is 3.02. The summed E-state index contributed by atoms with van der Waals surface area (Å²) in [5.41, 5.74) is 1.79. The monoisotopic (exact) mass is 376 g/mol. The van der Waals surface area contributed by atoms with Crippen LogP contribution in [0.3, 0.4) is 0 Å². The number of rotatable bonds is 4. The number of ether oxygens (including phenoxy) is 2. The zero-order chi connectivity index (χ0) is 19.3. The molecule has 142 valence electrons. The van der Waals surface area contributed by atoms with Gasteiger partial charge in [-0.1, -0.05) is 72.8 Å². The molecule has 0 bridgehead atoms. The molecule has 0 radical (unpaired) electrons. The number of esters is 1. The van der Waals surface area contributed by atoms with E-state index in [4.69, 9.17) is 9.47 Å². The van der Waals surface area contributed by atoms with E-state index in [0.29, 0.717) is 0 Å². The van der Waals surface area contributed by atoms with Gasteiger partial charge in [0.05, 0.1) is 12.2 Å². The van der Waals surface area contributed by atoms with Gasteiger partial charge in [-0.05, 0) is 11.1 Å². The first-order chi connectivity index (χ1) is 12.9. The molecule has 0 aliphatic carbocycles. The molecule has 2 aromatic rings. The van der Waals surface area contributed by atoms with Crippen LogP contribution in [0.2, 0.25) is 0 Å². The van der Waals surface area contributed by atoms with Crippen LogP contribution in [0.15, 0.2) is 66.7 Å². The minimum absolute atomic E-state index is 0.175. The Morgan fingerprint density at radius 1 is 1.00 bits per heavy atom. The predicted octanol–water partition coefficient (Wildman–Crippen LogP) is 5.09. The first kappa shape index (κ1) is 19.2. The lowest BCUT2D eigenvalue weighted by Gasteiger charge is -2.34. The molecule has 0 N–H and O–H groups in total. The second-order valence-electron chi connectivity index (χ2n) is 6.34. The van der Waals surface area contributed by atoms with Crippen molar-refractivity contribution in [1.29, 1.82) is 0 Å². The van der Waals surface area contributed by atoms with Gasteiger partial charge >= 0.3 is 12.1 Å². The maximum absolute atomic E-state index is 12.6. The molecule has 3 nitrogen and oxygen atoms in total. The number of benzene rings is 2. The molecule has 0 spiro atoms. The standard InChI is InChI=1S/C21H19F3O3/c22-21(23,24)20(25)27-18-13-17(12-11-15-7-3-1-4-8-15)26-19(14-18)16-9-5-2-6-10-16/h1-12,17-19H,13-14H2/b12-11+. The Morgan fingerprint density at radius 3 is 2.26 bits per heavy atom. The first-order valence-corrected chi connectivity index (χ1v) is 8.63. The largest absolute Gasteiger partial charge is 0.490 e. The molecule has 1 fully saturated rings. The highest BCUT2D eigenvalue weighted by Crippen LogP contribution is 2.34. The number of carbonyl (C=O) groups excluding carboxylic acids is 1. The summed E-state index contributed by atoms with van der Waals surface area (Å²) in [6.45, 7) is 0. The van der Waals surface area contributed by atoms with Crippen LogP contribution >= 0.6 is 0 Å². The molecule has 1 aliphatic rings. The zero-order valence-corrected chi connectivity index (χ0v) is 14.4. The summed E-state index contributed by atoms with van der Waals surface area (Å²) in [6, 6.07) is 18.7. The minimum Gasteiger partial charge on any atom is -0.455 e. The van der Waals surface area contributed by atoms with Gasteiger partial charge in [-0.2, -0.15) is 13.2 Å². The third kappa shape index (κ3) is 5.44. The third-order valence-corrected chi connectivity index (χ3v) is 4.29. The lowest BCUT2D eigenvalue weighted by Crippen LogP contribution is -2.37. The Balaban J connectivity index is 1.76. The molecule has 3 rings (SSSR count). The van der Waals surface area contributed by atoms with Crippen molar-refractivity contribution in [2.75, 3.05) is 0 Å². The van der Waals surface area contributed by atoms with Crippen molar-refractivity contribution in [3.8, 4) is 0 Å². The summed E-state index contributed by atoms with van der Waals surface area (Å²) in [5.74, 6) is -2.16. The third-order valence-electron chi connectivity index (χ3n) is 4.29. The van der Waals surface area contributed by atoms with Crippen LogP contribution in [0.5, 0.6) is 0 Å². The van der Waals surface area contributed by atoms with E-state index in [0.717, 1.165) is 11.1 Å². The van der Waals surface area contributed by atoms with Crippen LogP contribution in [0.4, 0.5) is 13.2 Å². The molecule has 3 atom stereocenters. The molecule has 2 aromatic carbocycles. The van der Waals surface area contributed by atoms with Gasteiger partial charge in [-0.15, -0.1) is 0 Å². The molecule has 0 amide bonds. The van der Waals surface area contributed by atoms with Crippen molar-refractivity contribution in [2.45, 2.75) is 37.3 Å². The maximum atomic E-state index is 12.6. The second kappa shape index (κ2) is 8.39. The highest BCUT2D eigenvalue weighted by molar-refractivity contribution is 5.75. The quantitative estimate of drug-likeness (QED) is 0.697. The molecule has 1 heterocycles. The van der Waals surface area contributed by atoms with Crippen molar-refractivity contribution < 1.29 is 27.4 Å². The number of hydrogen-bond acceptors (Lipinski definition) is 3. The van der Waals surface area contributed by atoms with E-state index >= 15 is 0 Å². The Hall–Kier alpha value is -2.60. The fraction of sp³-hybridized carbons (Fsp3) is 0.286. The van der Waals surface area contributed by atoms with Crippen LogP contribution in [0.1, 0.15) is 30.1 Å². The lowest BCUT2D eigenvalue weighted by atomic mass is 9.95. The highest BCUT2D eigenvalue weighted by Gasteiger charge is 2.43. The average Bonchev–Trinajstić information content (AvgIpc) is 2.67. The van der Waals surface area contributed by atoms with Gasteiger partial charge in [0, 0.05) is 12.8 Å². The molecule has 3 unspecified atom stereocenters. The van der Waals surface area contributed by atoms with Crippen LogP contribution in [-0.4, -0.2) is 24.4 Å². The Morgan fingerprint density at radius 2 is 1.63 bits per heavy atom. The first-order valence-electron chi connectivity index (χ1n) is 8.63. The predicted molar refractivity (Wildman–Crippen MR) is 94.7 cm³/mol. The van der Waals surface area contributed by atoms with Crippen LogP contribution in [0, 0.1) is 0 Å². The molecule has 27 heavy (non-hydrogen) atoms. The number of hydrogen-bond donors (Lipinski definition) is 0. The van der Waals surface area contributed by atoms with E-state index < -0.39 is 30.5 Å². The summed E-state index contributed by atoms with van der Waals surface area (Å²) < 4.78 is 48.5. The summed E-state index contributed by atoms with van der Waals surface area (Å²) in [4.78, 5) is 11.3. The number of alkyl halides is 3. The normalized spacial score (nSPS) is 23.3. The fourth-order valence-electron chi connectivity index (χ4n) is 3.02. The summed E-state index contributed by atoms with van der Waals surface area (Å²) in [6.07, 6.45) is -2.79. The van der Waals surface area contributed by atoms with Crippen molar-refractivity contribution in [1.82, 2.24) is 0 Å².